The number of primary amides is 1. The van der Waals surface area contributed by atoms with Gasteiger partial charge in [-0.15, -0.1) is 0 Å². The number of likely N-dealkylation sites (N-methyl/N-ethyl adjacent to an activating group) is 1. The van der Waals surface area contributed by atoms with Crippen LogP contribution in [0.15, 0.2) is 35.9 Å². The average Bonchev–Trinajstić information content (AvgIpc) is 2.93. The van der Waals surface area contributed by atoms with Gasteiger partial charge in [-0.3, -0.25) is 14.4 Å². The summed E-state index contributed by atoms with van der Waals surface area (Å²) in [7, 11) is 4.80. The number of nitrogens with one attached hydrogen (secondary N) is 1. The van der Waals surface area contributed by atoms with Gasteiger partial charge in [0.2, 0.25) is 11.7 Å². The molecule has 43 heavy (non-hydrogen) atoms. The molecule has 0 aliphatic heterocycles. The lowest BCUT2D eigenvalue weighted by molar-refractivity contribution is -0.184. The minimum absolute atomic E-state index is 0.0332. The second-order valence-corrected chi connectivity index (χ2v) is 12.3. The molecule has 230 valence electrons. The van der Waals surface area contributed by atoms with Crippen molar-refractivity contribution >= 4 is 23.2 Å². The van der Waals surface area contributed by atoms with E-state index in [-0.39, 0.29) is 35.8 Å². The molecule has 2 aromatic carbocycles. The van der Waals surface area contributed by atoms with E-state index in [0.29, 0.717) is 23.4 Å². The molecule has 0 saturated heterocycles. The van der Waals surface area contributed by atoms with Crippen molar-refractivity contribution in [2.24, 2.45) is 23.5 Å². The zero-order valence-electron chi connectivity index (χ0n) is 24.9. The molecule has 11 nitrogen and oxygen atoms in total. The lowest BCUT2D eigenvalue weighted by Crippen LogP contribution is -2.73. The highest BCUT2D eigenvalue weighted by Crippen LogP contribution is 2.53. The first kappa shape index (κ1) is 30.7. The van der Waals surface area contributed by atoms with Gasteiger partial charge in [0.1, 0.15) is 23.2 Å². The van der Waals surface area contributed by atoms with Crippen molar-refractivity contribution < 1.29 is 39.5 Å². The van der Waals surface area contributed by atoms with Crippen LogP contribution in [0, 0.1) is 17.8 Å². The monoisotopic (exact) mass is 593 g/mol. The number of fused-ring (bicyclic) bond motifs is 3. The first-order valence-electron chi connectivity index (χ1n) is 14.4. The van der Waals surface area contributed by atoms with Crippen molar-refractivity contribution in [2.45, 2.75) is 57.0 Å². The third-order valence-corrected chi connectivity index (χ3v) is 9.24. The Kier molecular flexibility index (Phi) is 7.89. The molecule has 2 unspecified atom stereocenters. The molecule has 0 radical (unpaired) electrons. The number of carbonyl (C=O) groups is 3. The molecular formula is C32H39N3O8. The van der Waals surface area contributed by atoms with Crippen LogP contribution in [0.2, 0.25) is 0 Å². The van der Waals surface area contributed by atoms with Crippen LogP contribution in [0.3, 0.4) is 0 Å². The van der Waals surface area contributed by atoms with E-state index in [4.69, 9.17) is 10.5 Å². The maximum Gasteiger partial charge on any atom is 0.230 e. The third kappa shape index (κ3) is 4.71. The highest BCUT2D eigenvalue weighted by atomic mass is 16.5. The van der Waals surface area contributed by atoms with Gasteiger partial charge in [0, 0.05) is 35.7 Å². The van der Waals surface area contributed by atoms with Crippen LogP contribution in [0.1, 0.15) is 37.0 Å². The topological polar surface area (TPSA) is 183 Å². The third-order valence-electron chi connectivity index (χ3n) is 9.24. The predicted molar refractivity (Wildman–Crippen MR) is 158 cm³/mol. The van der Waals surface area contributed by atoms with Gasteiger partial charge < -0.3 is 41.1 Å². The highest BCUT2D eigenvalue weighted by molar-refractivity contribution is 6.25. The van der Waals surface area contributed by atoms with Crippen LogP contribution in [0.25, 0.3) is 16.9 Å². The summed E-state index contributed by atoms with van der Waals surface area (Å²) >= 11 is 0. The molecule has 1 amide bonds. The minimum atomic E-state index is -2.70. The van der Waals surface area contributed by atoms with E-state index in [1.165, 1.54) is 6.07 Å². The first-order chi connectivity index (χ1) is 20.2. The van der Waals surface area contributed by atoms with E-state index in [9.17, 15) is 34.8 Å². The largest absolute Gasteiger partial charge is 0.507 e. The molecule has 2 fully saturated rings. The second kappa shape index (κ2) is 11.1. The number of benzene rings is 2. The van der Waals surface area contributed by atoms with Gasteiger partial charge in [-0.05, 0) is 67.7 Å². The summed E-state index contributed by atoms with van der Waals surface area (Å²) in [4.78, 5) is 41.4. The smallest absolute Gasteiger partial charge is 0.230 e. The molecule has 6 atom stereocenters. The number of hydrogen-bond donors (Lipinski definition) is 6. The van der Waals surface area contributed by atoms with E-state index >= 15 is 0 Å². The van der Waals surface area contributed by atoms with E-state index in [1.807, 2.05) is 32.0 Å². The van der Waals surface area contributed by atoms with Gasteiger partial charge in [0.05, 0.1) is 18.8 Å². The number of phenolic OH excluding ortho intramolecular Hbond substituents is 1. The van der Waals surface area contributed by atoms with Gasteiger partial charge in [0.25, 0.3) is 0 Å². The Labute approximate surface area is 250 Å². The lowest BCUT2D eigenvalue weighted by atomic mass is 9.54. The van der Waals surface area contributed by atoms with Crippen LogP contribution in [-0.2, 0) is 27.3 Å². The molecule has 3 aliphatic carbocycles. The summed E-state index contributed by atoms with van der Waals surface area (Å²) in [6.07, 6.45) is -1.31. The number of aromatic hydroxyl groups is 1. The van der Waals surface area contributed by atoms with Crippen LogP contribution in [0.5, 0.6) is 11.5 Å². The Morgan fingerprint density at radius 3 is 2.47 bits per heavy atom. The Morgan fingerprint density at radius 2 is 1.86 bits per heavy atom. The number of carbonyl (C=O) groups excluding carboxylic acids is 3. The molecule has 0 spiro atoms. The van der Waals surface area contributed by atoms with E-state index in [0.717, 1.165) is 11.1 Å². The maximum absolute atomic E-state index is 14.1. The standard InChI is InChI=1S/C32H39N3O8/c1-14(2)34-13-15-6-9-22(43-5)18(10-15)17-7-8-21(36)24-19(17)11-16-12-20-26(35(3)4)28(38)25(31(33)41)30(40)32(20,42)29(39)23(16)27(24)37/h6-10,14,16,20,25-26,28,34,36-38,42H,11-13H2,1-5H3,(H2,33,41)/t16-,20-,25?,26-,28?,32-/m1/s1. The van der Waals surface area contributed by atoms with Crippen LogP contribution < -0.4 is 15.8 Å². The van der Waals surface area contributed by atoms with Gasteiger partial charge >= 0.3 is 0 Å². The van der Waals surface area contributed by atoms with Crippen LogP contribution in [0.4, 0.5) is 0 Å². The van der Waals surface area contributed by atoms with E-state index < -0.39 is 58.7 Å². The van der Waals surface area contributed by atoms with Crippen LogP contribution in [-0.4, -0.2) is 87.8 Å². The van der Waals surface area contributed by atoms with Gasteiger partial charge in [0.15, 0.2) is 11.4 Å². The summed E-state index contributed by atoms with van der Waals surface area (Å²) in [6.45, 7) is 4.71. The fraction of sp³-hybridized carbons (Fsp3) is 0.469. The highest BCUT2D eigenvalue weighted by Gasteiger charge is 2.67. The first-order valence-corrected chi connectivity index (χ1v) is 14.4. The molecule has 0 bridgehead atoms. The number of nitrogens with two attached hydrogens (primary N) is 1. The van der Waals surface area contributed by atoms with Crippen molar-refractivity contribution in [3.8, 4) is 22.6 Å². The molecule has 11 heteroatoms. The molecule has 2 saturated carbocycles. The molecule has 2 aromatic rings. The number of amides is 1. The summed E-state index contributed by atoms with van der Waals surface area (Å²) in [6, 6.07) is 8.25. The molecule has 0 heterocycles. The van der Waals surface area contributed by atoms with Gasteiger partial charge in [-0.2, -0.15) is 0 Å². The quantitative estimate of drug-likeness (QED) is 0.256. The van der Waals surface area contributed by atoms with Crippen LogP contribution >= 0.6 is 0 Å². The summed E-state index contributed by atoms with van der Waals surface area (Å²) in [5.74, 6) is -7.15. The zero-order valence-corrected chi connectivity index (χ0v) is 24.9. The number of aliphatic hydroxyl groups is 3. The molecule has 0 aromatic heterocycles. The number of Topliss-reactive ketones (excluding diaryl/α,β-unsaturated/α-hetero) is 2. The number of nitrogens with zero attached hydrogens (tertiary/aromatic N) is 1. The maximum atomic E-state index is 14.1. The Morgan fingerprint density at radius 1 is 1.16 bits per heavy atom. The number of methoxy groups -OCH3 is 1. The normalized spacial score (nSPS) is 28.5. The molecule has 3 aliphatic rings. The number of hydrogen-bond acceptors (Lipinski definition) is 10. The fourth-order valence-corrected chi connectivity index (χ4v) is 7.25. The Balaban J connectivity index is 1.68. The predicted octanol–water partition coefficient (Wildman–Crippen LogP) is 1.30. The van der Waals surface area contributed by atoms with Crippen molar-refractivity contribution in [3.63, 3.8) is 0 Å². The summed E-state index contributed by atoms with van der Waals surface area (Å²) in [5.41, 5.74) is 5.59. The van der Waals surface area contributed by atoms with E-state index in [2.05, 4.69) is 5.32 Å². The second-order valence-electron chi connectivity index (χ2n) is 12.3. The minimum Gasteiger partial charge on any atom is -0.507 e. The SMILES string of the molecule is COc1ccc(CNC(C)C)cc1-c1ccc(O)c2c1C[C@@H]1C[C@@H]3[C@@H](N(C)C)C(O)C(C(N)=O)C(=O)[C@]3(O)C(=O)C1=C2O. The number of ketones is 2. The van der Waals surface area contributed by atoms with E-state index in [1.54, 1.807) is 32.2 Å². The van der Waals surface area contributed by atoms with Gasteiger partial charge in [-0.25, -0.2) is 0 Å². The number of ether oxygens (including phenoxy) is 1. The van der Waals surface area contributed by atoms with Crippen molar-refractivity contribution in [3.05, 3.63) is 52.6 Å². The zero-order chi connectivity index (χ0) is 31.5. The fourth-order valence-electron chi connectivity index (χ4n) is 7.25. The number of aliphatic hydroxyl groups excluding tert-OH is 2. The summed E-state index contributed by atoms with van der Waals surface area (Å²) in [5, 5.41) is 48.8. The molecule has 7 N–H and O–H groups in total. The number of rotatable bonds is 7. The summed E-state index contributed by atoms with van der Waals surface area (Å²) < 4.78 is 5.68. The molecule has 5 rings (SSSR count). The lowest BCUT2D eigenvalue weighted by Gasteiger charge is -2.53. The average molecular weight is 594 g/mol. The number of phenols is 1. The Hall–Kier alpha value is -3.77. The molecular weight excluding hydrogens is 554 g/mol. The van der Waals surface area contributed by atoms with Gasteiger partial charge in [-0.1, -0.05) is 26.0 Å². The van der Waals surface area contributed by atoms with Crippen molar-refractivity contribution in [1.29, 1.82) is 0 Å². The van der Waals surface area contributed by atoms with Crippen molar-refractivity contribution in [1.82, 2.24) is 10.2 Å². The Bertz CT molecular complexity index is 1530. The van der Waals surface area contributed by atoms with Crippen molar-refractivity contribution in [2.75, 3.05) is 21.2 Å².